The van der Waals surface area contributed by atoms with Crippen LogP contribution in [0.4, 0.5) is 0 Å². The second kappa shape index (κ2) is 8.08. The monoisotopic (exact) mass is 410 g/mol. The van der Waals surface area contributed by atoms with Gasteiger partial charge in [0.25, 0.3) is 0 Å². The van der Waals surface area contributed by atoms with Gasteiger partial charge in [0, 0.05) is 29.1 Å². The van der Waals surface area contributed by atoms with Gasteiger partial charge in [0.15, 0.2) is 17.7 Å². The van der Waals surface area contributed by atoms with E-state index < -0.39 is 24.2 Å². The molecular weight excluding hydrogens is 388 g/mol. The highest BCUT2D eigenvalue weighted by molar-refractivity contribution is 5.98. The summed E-state index contributed by atoms with van der Waals surface area (Å²) in [5, 5.41) is 4.13. The summed E-state index contributed by atoms with van der Waals surface area (Å²) in [5.41, 5.74) is 2.78. The van der Waals surface area contributed by atoms with E-state index in [4.69, 9.17) is 18.9 Å². The van der Waals surface area contributed by atoms with E-state index in [2.05, 4.69) is 10.3 Å². The van der Waals surface area contributed by atoms with E-state index in [0.717, 1.165) is 16.5 Å². The van der Waals surface area contributed by atoms with Crippen LogP contribution in [0.5, 0.6) is 11.5 Å². The molecule has 0 fully saturated rings. The third-order valence-electron chi connectivity index (χ3n) is 5.23. The van der Waals surface area contributed by atoms with Gasteiger partial charge in [-0.1, -0.05) is 18.2 Å². The first-order valence-corrected chi connectivity index (χ1v) is 9.42. The number of ether oxygens (including phenoxy) is 4. The lowest BCUT2D eigenvalue weighted by atomic mass is 10.0. The number of aromatic nitrogens is 1. The highest BCUT2D eigenvalue weighted by Crippen LogP contribution is 2.41. The minimum atomic E-state index is -0.818. The van der Waals surface area contributed by atoms with Gasteiger partial charge in [0.2, 0.25) is 0 Å². The fourth-order valence-electron chi connectivity index (χ4n) is 3.78. The van der Waals surface area contributed by atoms with Crippen LogP contribution >= 0.6 is 0 Å². The molecule has 1 aliphatic rings. The minimum absolute atomic E-state index is 0.282. The van der Waals surface area contributed by atoms with Crippen LogP contribution in [0.15, 0.2) is 42.6 Å². The first kappa shape index (κ1) is 19.8. The van der Waals surface area contributed by atoms with Gasteiger partial charge in [0.1, 0.15) is 11.6 Å². The molecule has 0 saturated carbocycles. The fourth-order valence-corrected chi connectivity index (χ4v) is 3.78. The zero-order valence-corrected chi connectivity index (χ0v) is 16.9. The molecule has 2 atom stereocenters. The number of rotatable bonds is 7. The van der Waals surface area contributed by atoms with Crippen LogP contribution in [0.1, 0.15) is 27.7 Å². The van der Waals surface area contributed by atoms with E-state index in [0.29, 0.717) is 23.5 Å². The van der Waals surface area contributed by atoms with Crippen LogP contribution in [-0.2, 0) is 20.7 Å². The van der Waals surface area contributed by atoms with E-state index in [-0.39, 0.29) is 5.56 Å². The number of hydrogen-bond donors (Lipinski definition) is 2. The second-order valence-electron chi connectivity index (χ2n) is 6.86. The summed E-state index contributed by atoms with van der Waals surface area (Å²) in [6.07, 6.45) is 1.40. The van der Waals surface area contributed by atoms with Crippen molar-refractivity contribution < 1.29 is 28.5 Å². The van der Waals surface area contributed by atoms with Crippen molar-refractivity contribution >= 4 is 22.8 Å². The molecule has 2 N–H and O–H groups in total. The SMILES string of the molecule is COC(=O)C(Cc1c[nH]c2ccccc12)NC1OC(=O)c2c1ccc(OC)c2OC. The number of cyclic esters (lactones) is 1. The lowest BCUT2D eigenvalue weighted by Crippen LogP contribution is -2.41. The summed E-state index contributed by atoms with van der Waals surface area (Å²) in [5.74, 6) is -0.271. The Morgan fingerprint density at radius 2 is 1.97 bits per heavy atom. The van der Waals surface area contributed by atoms with Crippen molar-refractivity contribution in [2.24, 2.45) is 0 Å². The molecule has 2 unspecified atom stereocenters. The lowest BCUT2D eigenvalue weighted by molar-refractivity contribution is -0.144. The number of hydrogen-bond acceptors (Lipinski definition) is 7. The highest BCUT2D eigenvalue weighted by atomic mass is 16.6. The van der Waals surface area contributed by atoms with Crippen molar-refractivity contribution in [3.05, 3.63) is 59.3 Å². The van der Waals surface area contributed by atoms with Crippen molar-refractivity contribution in [2.45, 2.75) is 18.7 Å². The van der Waals surface area contributed by atoms with Gasteiger partial charge >= 0.3 is 11.9 Å². The van der Waals surface area contributed by atoms with E-state index in [1.54, 1.807) is 12.1 Å². The Morgan fingerprint density at radius 1 is 1.17 bits per heavy atom. The van der Waals surface area contributed by atoms with Gasteiger partial charge in [-0.05, 0) is 23.8 Å². The summed E-state index contributed by atoms with van der Waals surface area (Å²) in [6.45, 7) is 0. The Bertz CT molecular complexity index is 1110. The van der Waals surface area contributed by atoms with E-state index in [1.807, 2.05) is 30.5 Å². The predicted octanol–water partition coefficient (Wildman–Crippen LogP) is 2.73. The van der Waals surface area contributed by atoms with Crippen LogP contribution in [0, 0.1) is 0 Å². The molecule has 0 spiro atoms. The second-order valence-corrected chi connectivity index (χ2v) is 6.86. The van der Waals surface area contributed by atoms with Gasteiger partial charge in [0.05, 0.1) is 21.3 Å². The Labute approximate surface area is 173 Å². The molecule has 4 rings (SSSR count). The summed E-state index contributed by atoms with van der Waals surface area (Å²) in [4.78, 5) is 28.2. The number of para-hydroxylation sites is 1. The average Bonchev–Trinajstić information content (AvgIpc) is 3.33. The Morgan fingerprint density at radius 3 is 2.70 bits per heavy atom. The predicted molar refractivity (Wildman–Crippen MR) is 109 cm³/mol. The van der Waals surface area contributed by atoms with Crippen molar-refractivity contribution in [1.82, 2.24) is 10.3 Å². The standard InChI is InChI=1S/C22H22N2O6/c1-27-17-9-8-14-18(19(17)28-2)22(26)30-20(14)24-16(21(25)29-3)10-12-11-23-15-7-5-4-6-13(12)15/h4-9,11,16,20,23-24H,10H2,1-3H3. The molecule has 0 radical (unpaired) electrons. The van der Waals surface area contributed by atoms with Gasteiger partial charge in [-0.25, -0.2) is 4.79 Å². The van der Waals surface area contributed by atoms with E-state index >= 15 is 0 Å². The highest BCUT2D eigenvalue weighted by Gasteiger charge is 2.38. The smallest absolute Gasteiger partial charge is 0.344 e. The first-order valence-electron chi connectivity index (χ1n) is 9.42. The van der Waals surface area contributed by atoms with Crippen LogP contribution in [0.25, 0.3) is 10.9 Å². The molecule has 0 bridgehead atoms. The molecule has 0 amide bonds. The van der Waals surface area contributed by atoms with Gasteiger partial charge in [-0.2, -0.15) is 0 Å². The van der Waals surface area contributed by atoms with Gasteiger partial charge < -0.3 is 23.9 Å². The third-order valence-corrected chi connectivity index (χ3v) is 5.23. The molecule has 0 saturated heterocycles. The van der Waals surface area contributed by atoms with Gasteiger partial charge in [-0.15, -0.1) is 0 Å². The third kappa shape index (κ3) is 3.35. The topological polar surface area (TPSA) is 98.9 Å². The van der Waals surface area contributed by atoms with Crippen LogP contribution in [0.3, 0.4) is 0 Å². The van der Waals surface area contributed by atoms with E-state index in [1.165, 1.54) is 21.3 Å². The Hall–Kier alpha value is -3.52. The summed E-state index contributed by atoms with van der Waals surface area (Å²) in [7, 11) is 4.28. The van der Waals surface area contributed by atoms with Crippen LogP contribution in [-0.4, -0.2) is 44.3 Å². The number of aromatic amines is 1. The maximum atomic E-state index is 12.5. The number of benzene rings is 2. The molecular formula is C22H22N2O6. The Balaban J connectivity index is 1.64. The number of fused-ring (bicyclic) bond motifs is 2. The quantitative estimate of drug-likeness (QED) is 0.578. The Kier molecular flexibility index (Phi) is 5.33. The largest absolute Gasteiger partial charge is 0.493 e. The summed E-state index contributed by atoms with van der Waals surface area (Å²) < 4.78 is 21.1. The molecule has 2 heterocycles. The molecule has 0 aliphatic carbocycles. The van der Waals surface area contributed by atoms with Crippen molar-refractivity contribution in [3.63, 3.8) is 0 Å². The molecule has 156 valence electrons. The number of carbonyl (C=O) groups is 2. The van der Waals surface area contributed by atoms with Crippen molar-refractivity contribution in [2.75, 3.05) is 21.3 Å². The van der Waals surface area contributed by atoms with Crippen LogP contribution in [0.2, 0.25) is 0 Å². The maximum Gasteiger partial charge on any atom is 0.344 e. The van der Waals surface area contributed by atoms with Gasteiger partial charge in [-0.3, -0.25) is 10.1 Å². The summed E-state index contributed by atoms with van der Waals surface area (Å²) in [6, 6.07) is 10.5. The van der Waals surface area contributed by atoms with E-state index in [9.17, 15) is 9.59 Å². The zero-order valence-electron chi connectivity index (χ0n) is 16.9. The first-order chi connectivity index (χ1) is 14.6. The van der Waals surface area contributed by atoms with Crippen molar-refractivity contribution in [1.29, 1.82) is 0 Å². The molecule has 30 heavy (non-hydrogen) atoms. The number of esters is 2. The zero-order chi connectivity index (χ0) is 21.3. The number of H-pyrrole nitrogens is 1. The van der Waals surface area contributed by atoms with Crippen LogP contribution < -0.4 is 14.8 Å². The number of methoxy groups -OCH3 is 3. The number of nitrogens with one attached hydrogen (secondary N) is 2. The molecule has 8 nitrogen and oxygen atoms in total. The minimum Gasteiger partial charge on any atom is -0.493 e. The number of carbonyl (C=O) groups excluding carboxylic acids is 2. The average molecular weight is 410 g/mol. The molecule has 1 aliphatic heterocycles. The van der Waals surface area contributed by atoms with Crippen molar-refractivity contribution in [3.8, 4) is 11.5 Å². The normalized spacial score (nSPS) is 16.1. The molecule has 3 aromatic rings. The fraction of sp³-hybridized carbons (Fsp3) is 0.273. The lowest BCUT2D eigenvalue weighted by Gasteiger charge is -2.21. The maximum absolute atomic E-state index is 12.5. The molecule has 1 aromatic heterocycles. The molecule has 8 heteroatoms. The molecule has 2 aromatic carbocycles. The summed E-state index contributed by atoms with van der Waals surface area (Å²) >= 11 is 0.